The summed E-state index contributed by atoms with van der Waals surface area (Å²) in [4.78, 5) is 0. The molecule has 1 aromatic carbocycles. The van der Waals surface area contributed by atoms with E-state index >= 15 is 0 Å². The van der Waals surface area contributed by atoms with Crippen LogP contribution in [0.1, 0.15) is 31.7 Å². The van der Waals surface area contributed by atoms with Gasteiger partial charge in [-0.1, -0.05) is 19.9 Å². The number of hydrogen-bond acceptors (Lipinski definition) is 3. The number of hydrogen-bond donors (Lipinski definition) is 1. The molecule has 0 saturated heterocycles. The van der Waals surface area contributed by atoms with Gasteiger partial charge in [-0.15, -0.1) is 0 Å². The van der Waals surface area contributed by atoms with Crippen molar-refractivity contribution in [3.63, 3.8) is 0 Å². The third-order valence-corrected chi connectivity index (χ3v) is 4.24. The van der Waals surface area contributed by atoms with Gasteiger partial charge >= 0.3 is 0 Å². The van der Waals surface area contributed by atoms with Crippen LogP contribution in [0.4, 0.5) is 0 Å². The average molecular weight is 247 g/mol. The molecular weight excluding hydrogens is 226 g/mol. The number of fused-ring (bicyclic) bond motifs is 1. The molecule has 0 spiro atoms. The topological polar surface area (TPSA) is 30.5 Å². The third kappa shape index (κ3) is 1.97. The Morgan fingerprint density at radius 3 is 2.72 bits per heavy atom. The van der Waals surface area contributed by atoms with E-state index in [4.69, 9.17) is 9.47 Å². The maximum absolute atomic E-state index is 5.65. The van der Waals surface area contributed by atoms with Crippen LogP contribution in [0.3, 0.4) is 0 Å². The van der Waals surface area contributed by atoms with E-state index in [0.717, 1.165) is 18.0 Å². The fraction of sp³-hybridized carbons (Fsp3) is 0.600. The zero-order valence-corrected chi connectivity index (χ0v) is 11.1. The molecule has 0 bridgehead atoms. The highest BCUT2D eigenvalue weighted by Crippen LogP contribution is 2.44. The molecule has 0 radical (unpaired) electrons. The van der Waals surface area contributed by atoms with Crippen molar-refractivity contribution in [2.24, 2.45) is 5.92 Å². The van der Waals surface area contributed by atoms with Crippen LogP contribution >= 0.6 is 0 Å². The first-order valence-electron chi connectivity index (χ1n) is 6.92. The molecule has 0 amide bonds. The molecule has 18 heavy (non-hydrogen) atoms. The Balaban J connectivity index is 1.74. The van der Waals surface area contributed by atoms with E-state index in [2.05, 4.69) is 37.4 Å². The van der Waals surface area contributed by atoms with E-state index in [1.807, 2.05) is 0 Å². The van der Waals surface area contributed by atoms with Crippen molar-refractivity contribution in [2.45, 2.75) is 32.2 Å². The van der Waals surface area contributed by atoms with Gasteiger partial charge in [0.25, 0.3) is 0 Å². The second-order valence-electron chi connectivity index (χ2n) is 5.27. The molecule has 3 rings (SSSR count). The standard InChI is InChI=1S/C15H21NO2/c1-3-16-13-9-12(10(13)2)11-4-5-14-15(8-11)18-7-6-17-14/h4-5,8,10,12-13,16H,3,6-7,9H2,1-2H3. The van der Waals surface area contributed by atoms with Crippen LogP contribution in [-0.2, 0) is 0 Å². The molecule has 0 aromatic heterocycles. The van der Waals surface area contributed by atoms with Crippen LogP contribution in [0.2, 0.25) is 0 Å². The van der Waals surface area contributed by atoms with Gasteiger partial charge in [-0.2, -0.15) is 0 Å². The lowest BCUT2D eigenvalue weighted by molar-refractivity contribution is 0.168. The normalized spacial score (nSPS) is 29.8. The van der Waals surface area contributed by atoms with E-state index in [1.54, 1.807) is 0 Å². The summed E-state index contributed by atoms with van der Waals surface area (Å²) in [5.41, 5.74) is 1.39. The summed E-state index contributed by atoms with van der Waals surface area (Å²) < 4.78 is 11.2. The van der Waals surface area contributed by atoms with Crippen molar-refractivity contribution in [3.8, 4) is 11.5 Å². The molecule has 1 heterocycles. The molecule has 1 saturated carbocycles. The van der Waals surface area contributed by atoms with E-state index < -0.39 is 0 Å². The second-order valence-corrected chi connectivity index (χ2v) is 5.27. The van der Waals surface area contributed by atoms with Crippen LogP contribution < -0.4 is 14.8 Å². The first kappa shape index (κ1) is 11.8. The van der Waals surface area contributed by atoms with Crippen LogP contribution in [-0.4, -0.2) is 25.8 Å². The van der Waals surface area contributed by atoms with Crippen LogP contribution in [0, 0.1) is 5.92 Å². The third-order valence-electron chi connectivity index (χ3n) is 4.24. The number of rotatable bonds is 3. The highest BCUT2D eigenvalue weighted by Gasteiger charge is 2.38. The predicted molar refractivity (Wildman–Crippen MR) is 71.4 cm³/mol. The lowest BCUT2D eigenvalue weighted by Gasteiger charge is -2.44. The SMILES string of the molecule is CCNC1CC(c2ccc3c(c2)OCCO3)C1C. The van der Waals surface area contributed by atoms with Crippen LogP contribution in [0.15, 0.2) is 18.2 Å². The summed E-state index contributed by atoms with van der Waals surface area (Å²) in [5.74, 6) is 3.16. The Hall–Kier alpha value is -1.22. The zero-order valence-electron chi connectivity index (χ0n) is 11.1. The molecule has 3 unspecified atom stereocenters. The van der Waals surface area contributed by atoms with Gasteiger partial charge in [0.15, 0.2) is 11.5 Å². The fourth-order valence-corrected chi connectivity index (χ4v) is 3.05. The minimum atomic E-state index is 0.657. The highest BCUT2D eigenvalue weighted by molar-refractivity contribution is 5.45. The van der Waals surface area contributed by atoms with Gasteiger partial charge in [-0.25, -0.2) is 0 Å². The smallest absolute Gasteiger partial charge is 0.161 e. The maximum atomic E-state index is 5.65. The minimum Gasteiger partial charge on any atom is -0.486 e. The molecular formula is C15H21NO2. The van der Waals surface area contributed by atoms with Gasteiger partial charge in [-0.05, 0) is 42.5 Å². The monoisotopic (exact) mass is 247 g/mol. The molecule has 3 heteroatoms. The molecule has 1 aromatic rings. The average Bonchev–Trinajstić information content (AvgIpc) is 2.42. The number of benzene rings is 1. The van der Waals surface area contributed by atoms with E-state index in [0.29, 0.717) is 31.1 Å². The molecule has 1 fully saturated rings. The van der Waals surface area contributed by atoms with Crippen LogP contribution in [0.25, 0.3) is 0 Å². The molecule has 1 aliphatic heterocycles. The Morgan fingerprint density at radius 2 is 2.00 bits per heavy atom. The van der Waals surface area contributed by atoms with Crippen molar-refractivity contribution in [1.29, 1.82) is 0 Å². The first-order chi connectivity index (χ1) is 8.79. The van der Waals surface area contributed by atoms with E-state index in [-0.39, 0.29) is 0 Å². The summed E-state index contributed by atoms with van der Waals surface area (Å²) in [7, 11) is 0. The maximum Gasteiger partial charge on any atom is 0.161 e. The zero-order chi connectivity index (χ0) is 12.5. The quantitative estimate of drug-likeness (QED) is 0.890. The van der Waals surface area contributed by atoms with Crippen molar-refractivity contribution in [3.05, 3.63) is 23.8 Å². The summed E-state index contributed by atoms with van der Waals surface area (Å²) in [5, 5.41) is 3.54. The largest absolute Gasteiger partial charge is 0.486 e. The Kier molecular flexibility index (Phi) is 3.16. The Labute approximate surface area is 108 Å². The van der Waals surface area contributed by atoms with E-state index in [1.165, 1.54) is 12.0 Å². The molecule has 98 valence electrons. The van der Waals surface area contributed by atoms with Gasteiger partial charge in [-0.3, -0.25) is 0 Å². The molecule has 3 nitrogen and oxygen atoms in total. The van der Waals surface area contributed by atoms with Crippen molar-refractivity contribution >= 4 is 0 Å². The Morgan fingerprint density at radius 1 is 1.22 bits per heavy atom. The molecule has 1 aliphatic carbocycles. The van der Waals surface area contributed by atoms with Gasteiger partial charge in [0, 0.05) is 6.04 Å². The predicted octanol–water partition coefficient (Wildman–Crippen LogP) is 2.56. The fourth-order valence-electron chi connectivity index (χ4n) is 3.05. The van der Waals surface area contributed by atoms with E-state index in [9.17, 15) is 0 Å². The van der Waals surface area contributed by atoms with Crippen molar-refractivity contribution in [1.82, 2.24) is 5.32 Å². The van der Waals surface area contributed by atoms with Gasteiger partial charge in [0.05, 0.1) is 0 Å². The lowest BCUT2D eigenvalue weighted by Crippen LogP contribution is -2.47. The summed E-state index contributed by atoms with van der Waals surface area (Å²) in [6, 6.07) is 7.08. The summed E-state index contributed by atoms with van der Waals surface area (Å²) in [6.45, 7) is 6.89. The van der Waals surface area contributed by atoms with Gasteiger partial charge in [0.2, 0.25) is 0 Å². The van der Waals surface area contributed by atoms with Crippen molar-refractivity contribution < 1.29 is 9.47 Å². The molecule has 3 atom stereocenters. The number of ether oxygens (including phenoxy) is 2. The molecule has 1 N–H and O–H groups in total. The second kappa shape index (κ2) is 4.81. The van der Waals surface area contributed by atoms with Gasteiger partial charge in [0.1, 0.15) is 13.2 Å². The Bertz CT molecular complexity index is 433. The number of nitrogens with one attached hydrogen (secondary N) is 1. The molecule has 2 aliphatic rings. The van der Waals surface area contributed by atoms with Gasteiger partial charge < -0.3 is 14.8 Å². The lowest BCUT2D eigenvalue weighted by atomic mass is 9.67. The van der Waals surface area contributed by atoms with Crippen molar-refractivity contribution in [2.75, 3.05) is 19.8 Å². The summed E-state index contributed by atoms with van der Waals surface area (Å²) >= 11 is 0. The summed E-state index contributed by atoms with van der Waals surface area (Å²) in [6.07, 6.45) is 1.23. The highest BCUT2D eigenvalue weighted by atomic mass is 16.6. The minimum absolute atomic E-state index is 0.657. The first-order valence-corrected chi connectivity index (χ1v) is 6.92. The van der Waals surface area contributed by atoms with Crippen LogP contribution in [0.5, 0.6) is 11.5 Å².